The molecule has 0 atom stereocenters. The van der Waals surface area contributed by atoms with Crippen LogP contribution in [-0.2, 0) is 6.54 Å². The summed E-state index contributed by atoms with van der Waals surface area (Å²) in [5.74, 6) is 0. The first-order valence-electron chi connectivity index (χ1n) is 7.15. The molecule has 1 aliphatic rings. The van der Waals surface area contributed by atoms with Gasteiger partial charge in [0.15, 0.2) is 0 Å². The van der Waals surface area contributed by atoms with Gasteiger partial charge in [0.05, 0.1) is 5.52 Å². The molecule has 0 amide bonds. The van der Waals surface area contributed by atoms with Crippen LogP contribution in [0.25, 0.3) is 10.9 Å². The average Bonchev–Trinajstić information content (AvgIpc) is 2.42. The molecular weight excluding hydrogens is 270 g/mol. The Bertz CT molecular complexity index is 618. The molecule has 3 rings (SSSR count). The SMILES string of the molecule is Cc1ccc2cc(CN3CCC(N)CC3)c(Cl)nc2c1. The van der Waals surface area contributed by atoms with Crippen LogP contribution < -0.4 is 5.73 Å². The van der Waals surface area contributed by atoms with Gasteiger partial charge in [-0.2, -0.15) is 0 Å². The van der Waals surface area contributed by atoms with Crippen LogP contribution in [0.1, 0.15) is 24.0 Å². The van der Waals surface area contributed by atoms with Crippen molar-refractivity contribution >= 4 is 22.5 Å². The highest BCUT2D eigenvalue weighted by Crippen LogP contribution is 2.23. The van der Waals surface area contributed by atoms with Crippen LogP contribution in [-0.4, -0.2) is 29.0 Å². The van der Waals surface area contributed by atoms with E-state index in [4.69, 9.17) is 17.3 Å². The van der Waals surface area contributed by atoms with Gasteiger partial charge in [-0.1, -0.05) is 23.7 Å². The quantitative estimate of drug-likeness (QED) is 0.864. The van der Waals surface area contributed by atoms with E-state index in [2.05, 4.69) is 41.1 Å². The second-order valence-corrected chi connectivity index (χ2v) is 6.11. The van der Waals surface area contributed by atoms with Crippen molar-refractivity contribution in [3.05, 3.63) is 40.5 Å². The molecule has 2 N–H and O–H groups in total. The number of hydrogen-bond donors (Lipinski definition) is 1. The smallest absolute Gasteiger partial charge is 0.134 e. The standard InChI is InChI=1S/C16H20ClN3/c1-11-2-3-12-9-13(16(17)19-15(12)8-11)10-20-6-4-14(18)5-7-20/h2-3,8-9,14H,4-7,10,18H2,1H3. The maximum absolute atomic E-state index is 6.34. The molecule has 0 unspecified atom stereocenters. The third-order valence-corrected chi connectivity index (χ3v) is 4.35. The molecule has 1 saturated heterocycles. The lowest BCUT2D eigenvalue weighted by atomic mass is 10.0. The Labute approximate surface area is 124 Å². The van der Waals surface area contributed by atoms with Crippen molar-refractivity contribution in [1.29, 1.82) is 0 Å². The predicted molar refractivity (Wildman–Crippen MR) is 84.0 cm³/mol. The molecule has 0 radical (unpaired) electrons. The number of hydrogen-bond acceptors (Lipinski definition) is 3. The molecule has 20 heavy (non-hydrogen) atoms. The fourth-order valence-corrected chi connectivity index (χ4v) is 2.97. The number of aryl methyl sites for hydroxylation is 1. The number of pyridine rings is 1. The van der Waals surface area contributed by atoms with Gasteiger partial charge in [0.2, 0.25) is 0 Å². The number of aromatic nitrogens is 1. The monoisotopic (exact) mass is 289 g/mol. The van der Waals surface area contributed by atoms with E-state index in [1.54, 1.807) is 0 Å². The number of halogens is 1. The Balaban J connectivity index is 1.84. The zero-order chi connectivity index (χ0) is 14.1. The van der Waals surface area contributed by atoms with Crippen molar-refractivity contribution in [2.75, 3.05) is 13.1 Å². The molecular formula is C16H20ClN3. The fourth-order valence-electron chi connectivity index (χ4n) is 2.76. The van der Waals surface area contributed by atoms with Crippen LogP contribution in [0.2, 0.25) is 5.15 Å². The molecule has 0 spiro atoms. The third kappa shape index (κ3) is 2.95. The Kier molecular flexibility index (Phi) is 3.92. The summed E-state index contributed by atoms with van der Waals surface area (Å²) in [7, 11) is 0. The van der Waals surface area contributed by atoms with Crippen molar-refractivity contribution in [1.82, 2.24) is 9.88 Å². The summed E-state index contributed by atoms with van der Waals surface area (Å²) in [6.07, 6.45) is 2.13. The summed E-state index contributed by atoms with van der Waals surface area (Å²) in [5, 5.41) is 1.78. The maximum Gasteiger partial charge on any atom is 0.134 e. The highest BCUT2D eigenvalue weighted by Gasteiger charge is 2.17. The fraction of sp³-hybridized carbons (Fsp3) is 0.438. The molecule has 1 fully saturated rings. The van der Waals surface area contributed by atoms with Crippen molar-refractivity contribution in [2.45, 2.75) is 32.4 Å². The maximum atomic E-state index is 6.34. The van der Waals surface area contributed by atoms with Gasteiger partial charge in [0, 0.05) is 23.5 Å². The topological polar surface area (TPSA) is 42.1 Å². The van der Waals surface area contributed by atoms with Gasteiger partial charge in [0.1, 0.15) is 5.15 Å². The second-order valence-electron chi connectivity index (χ2n) is 5.75. The van der Waals surface area contributed by atoms with Crippen LogP contribution in [0.4, 0.5) is 0 Å². The van der Waals surface area contributed by atoms with Gasteiger partial charge in [-0.05, 0) is 50.6 Å². The first-order valence-corrected chi connectivity index (χ1v) is 7.53. The number of nitrogens with two attached hydrogens (primary N) is 1. The van der Waals surface area contributed by atoms with E-state index in [-0.39, 0.29) is 0 Å². The van der Waals surface area contributed by atoms with Crippen molar-refractivity contribution in [3.63, 3.8) is 0 Å². The van der Waals surface area contributed by atoms with Gasteiger partial charge < -0.3 is 5.73 Å². The number of nitrogens with zero attached hydrogens (tertiary/aromatic N) is 2. The molecule has 0 bridgehead atoms. The predicted octanol–water partition coefficient (Wildman–Crippen LogP) is 3.12. The normalized spacial score (nSPS) is 17.8. The minimum Gasteiger partial charge on any atom is -0.328 e. The minimum atomic E-state index is 0.361. The van der Waals surface area contributed by atoms with E-state index in [1.807, 2.05) is 0 Å². The Morgan fingerprint density at radius 2 is 2.05 bits per heavy atom. The molecule has 2 aromatic rings. The van der Waals surface area contributed by atoms with Crippen LogP contribution in [0.15, 0.2) is 24.3 Å². The van der Waals surface area contributed by atoms with E-state index < -0.39 is 0 Å². The van der Waals surface area contributed by atoms with Gasteiger partial charge in [-0.15, -0.1) is 0 Å². The number of fused-ring (bicyclic) bond motifs is 1. The third-order valence-electron chi connectivity index (χ3n) is 4.03. The number of likely N-dealkylation sites (tertiary alicyclic amines) is 1. The van der Waals surface area contributed by atoms with E-state index in [1.165, 1.54) is 5.56 Å². The van der Waals surface area contributed by atoms with E-state index in [0.29, 0.717) is 11.2 Å². The van der Waals surface area contributed by atoms with Gasteiger partial charge in [0.25, 0.3) is 0 Å². The number of rotatable bonds is 2. The molecule has 1 aliphatic heterocycles. The molecule has 2 heterocycles. The lowest BCUT2D eigenvalue weighted by Crippen LogP contribution is -2.39. The summed E-state index contributed by atoms with van der Waals surface area (Å²) in [5.41, 5.74) is 9.23. The first-order chi connectivity index (χ1) is 9.61. The van der Waals surface area contributed by atoms with Gasteiger partial charge in [-0.3, -0.25) is 4.90 Å². The second kappa shape index (κ2) is 5.68. The summed E-state index contributed by atoms with van der Waals surface area (Å²) in [6, 6.07) is 8.83. The Hall–Kier alpha value is -1.16. The van der Waals surface area contributed by atoms with Crippen molar-refractivity contribution in [3.8, 4) is 0 Å². The zero-order valence-electron chi connectivity index (χ0n) is 11.8. The average molecular weight is 290 g/mol. The summed E-state index contributed by atoms with van der Waals surface area (Å²) < 4.78 is 0. The minimum absolute atomic E-state index is 0.361. The summed E-state index contributed by atoms with van der Waals surface area (Å²) >= 11 is 6.34. The van der Waals surface area contributed by atoms with Crippen LogP contribution in [0.5, 0.6) is 0 Å². The van der Waals surface area contributed by atoms with Gasteiger partial charge in [-0.25, -0.2) is 4.98 Å². The molecule has 1 aromatic heterocycles. The largest absolute Gasteiger partial charge is 0.328 e. The highest BCUT2D eigenvalue weighted by molar-refractivity contribution is 6.30. The van der Waals surface area contributed by atoms with Crippen LogP contribution >= 0.6 is 11.6 Å². The van der Waals surface area contributed by atoms with E-state index >= 15 is 0 Å². The Morgan fingerprint density at radius 1 is 1.30 bits per heavy atom. The first kappa shape index (κ1) is 13.8. The summed E-state index contributed by atoms with van der Waals surface area (Å²) in [6.45, 7) is 5.02. The lowest BCUT2D eigenvalue weighted by molar-refractivity contribution is 0.205. The van der Waals surface area contributed by atoms with Crippen molar-refractivity contribution < 1.29 is 0 Å². The molecule has 0 aliphatic carbocycles. The van der Waals surface area contributed by atoms with Crippen molar-refractivity contribution in [2.24, 2.45) is 5.73 Å². The molecule has 0 saturated carbocycles. The molecule has 4 heteroatoms. The van der Waals surface area contributed by atoms with E-state index in [9.17, 15) is 0 Å². The summed E-state index contributed by atoms with van der Waals surface area (Å²) in [4.78, 5) is 6.94. The number of piperidine rings is 1. The Morgan fingerprint density at radius 3 is 2.80 bits per heavy atom. The zero-order valence-corrected chi connectivity index (χ0v) is 12.5. The molecule has 1 aromatic carbocycles. The lowest BCUT2D eigenvalue weighted by Gasteiger charge is -2.30. The van der Waals surface area contributed by atoms with E-state index in [0.717, 1.165) is 48.9 Å². The van der Waals surface area contributed by atoms with Crippen LogP contribution in [0, 0.1) is 6.92 Å². The number of benzene rings is 1. The van der Waals surface area contributed by atoms with Crippen LogP contribution in [0.3, 0.4) is 0 Å². The highest BCUT2D eigenvalue weighted by atomic mass is 35.5. The molecule has 106 valence electrons. The molecule has 3 nitrogen and oxygen atoms in total. The van der Waals surface area contributed by atoms with Gasteiger partial charge >= 0.3 is 0 Å².